The second kappa shape index (κ2) is 8.96. The highest BCUT2D eigenvalue weighted by Gasteiger charge is 2.38. The van der Waals surface area contributed by atoms with E-state index >= 15 is 0 Å². The van der Waals surface area contributed by atoms with Gasteiger partial charge in [0.15, 0.2) is 5.75 Å². The average molecular weight is 477 g/mol. The van der Waals surface area contributed by atoms with Gasteiger partial charge in [-0.2, -0.15) is 0 Å². The van der Waals surface area contributed by atoms with E-state index in [-0.39, 0.29) is 63.8 Å². The van der Waals surface area contributed by atoms with Gasteiger partial charge in [-0.3, -0.25) is 4.79 Å². The molecule has 0 aliphatic carbocycles. The third kappa shape index (κ3) is 3.98. The Morgan fingerprint density at radius 2 is 2.21 bits per heavy atom. The quantitative estimate of drug-likeness (QED) is 0.701. The number of nitrogens with zero attached hydrogens (tertiary/aromatic N) is 3. The maximum Gasteiger partial charge on any atom is 0.263 e. The van der Waals surface area contributed by atoms with E-state index < -0.39 is 5.82 Å². The molecule has 3 aliphatic rings. The second-order valence-electron chi connectivity index (χ2n) is 8.67. The normalized spacial score (nSPS) is 23.0. The van der Waals surface area contributed by atoms with Gasteiger partial charge in [-0.05, 0) is 38.6 Å². The van der Waals surface area contributed by atoms with Crippen LogP contribution in [0.3, 0.4) is 0 Å². The third-order valence-corrected chi connectivity index (χ3v) is 6.97. The molecule has 2 atom stereocenters. The second-order valence-corrected chi connectivity index (χ2v) is 9.05. The number of fused-ring (bicyclic) bond motifs is 2. The van der Waals surface area contributed by atoms with Crippen molar-refractivity contribution in [3.05, 3.63) is 34.6 Å². The van der Waals surface area contributed by atoms with Crippen molar-refractivity contribution >= 4 is 17.5 Å². The van der Waals surface area contributed by atoms with Gasteiger partial charge < -0.3 is 29.7 Å². The zero-order valence-corrected chi connectivity index (χ0v) is 19.1. The number of hydrogen-bond acceptors (Lipinski definition) is 7. The number of pyridine rings is 1. The van der Waals surface area contributed by atoms with E-state index in [1.165, 1.54) is 18.2 Å². The lowest BCUT2D eigenvalue weighted by atomic mass is 10.1. The van der Waals surface area contributed by atoms with E-state index in [1.807, 2.05) is 7.05 Å². The molecule has 1 aromatic carbocycles. The van der Waals surface area contributed by atoms with Crippen LogP contribution < -0.4 is 14.8 Å². The van der Waals surface area contributed by atoms with Crippen molar-refractivity contribution in [3.63, 3.8) is 0 Å². The molecular formula is C23H26ClFN4O4. The predicted molar refractivity (Wildman–Crippen MR) is 121 cm³/mol. The van der Waals surface area contributed by atoms with Crippen LogP contribution in [0.4, 0.5) is 4.39 Å². The smallest absolute Gasteiger partial charge is 0.263 e. The Morgan fingerprint density at radius 3 is 2.97 bits per heavy atom. The van der Waals surface area contributed by atoms with E-state index in [1.54, 1.807) is 4.90 Å². The molecule has 2 N–H and O–H groups in total. The highest BCUT2D eigenvalue weighted by atomic mass is 35.5. The number of piperazine rings is 1. The standard InChI is InChI=1S/C23H26ClFN4O4/c1-28-8-3-4-13(28)11-33-22-18-21(32-12-14-10-26-7-9-29(14)23(18)31)19(24)20(27-22)17-15(25)5-2-6-16(17)30/h2,5-6,13-14,26,30H,3-4,7-12H2,1H3/t13-,14?/m0/s1. The van der Waals surface area contributed by atoms with Gasteiger partial charge in [-0.15, -0.1) is 0 Å². The van der Waals surface area contributed by atoms with Crippen LogP contribution in [0, 0.1) is 5.82 Å². The Kier molecular flexibility index (Phi) is 6.03. The Hall–Kier alpha value is -2.62. The lowest BCUT2D eigenvalue weighted by molar-refractivity contribution is 0.0602. The van der Waals surface area contributed by atoms with Crippen LogP contribution in [0.15, 0.2) is 18.2 Å². The number of hydrogen-bond donors (Lipinski definition) is 2. The molecule has 3 aliphatic heterocycles. The molecule has 1 aromatic heterocycles. The minimum Gasteiger partial charge on any atom is -0.507 e. The number of rotatable bonds is 4. The summed E-state index contributed by atoms with van der Waals surface area (Å²) in [7, 11) is 2.03. The number of carbonyl (C=O) groups excluding carboxylic acids is 1. The first-order valence-electron chi connectivity index (χ1n) is 11.1. The molecule has 8 nitrogen and oxygen atoms in total. The number of amides is 1. The third-order valence-electron chi connectivity index (χ3n) is 6.62. The van der Waals surface area contributed by atoms with Crippen molar-refractivity contribution in [2.75, 3.05) is 46.4 Å². The monoisotopic (exact) mass is 476 g/mol. The van der Waals surface area contributed by atoms with Crippen molar-refractivity contribution in [2.45, 2.75) is 24.9 Å². The Labute approximate surface area is 196 Å². The number of aromatic nitrogens is 1. The summed E-state index contributed by atoms with van der Waals surface area (Å²) in [6, 6.07) is 3.97. The number of benzene rings is 1. The summed E-state index contributed by atoms with van der Waals surface area (Å²) in [4.78, 5) is 22.0. The van der Waals surface area contributed by atoms with Crippen LogP contribution in [0.1, 0.15) is 23.2 Å². The zero-order chi connectivity index (χ0) is 23.1. The maximum atomic E-state index is 14.7. The summed E-state index contributed by atoms with van der Waals surface area (Å²) in [6.45, 7) is 3.29. The number of aromatic hydroxyl groups is 1. The van der Waals surface area contributed by atoms with Crippen LogP contribution in [-0.4, -0.2) is 84.3 Å². The number of likely N-dealkylation sites (N-methyl/N-ethyl adjacent to an activating group) is 1. The van der Waals surface area contributed by atoms with Crippen LogP contribution in [0.2, 0.25) is 5.02 Å². The highest BCUT2D eigenvalue weighted by molar-refractivity contribution is 6.35. The number of ether oxygens (including phenoxy) is 2. The number of phenols is 1. The van der Waals surface area contributed by atoms with Gasteiger partial charge in [0.2, 0.25) is 5.88 Å². The fraction of sp³-hybridized carbons (Fsp3) is 0.478. The van der Waals surface area contributed by atoms with Gasteiger partial charge in [0.05, 0.1) is 11.6 Å². The largest absolute Gasteiger partial charge is 0.507 e. The van der Waals surface area contributed by atoms with Gasteiger partial charge in [-0.25, -0.2) is 9.37 Å². The molecule has 0 saturated carbocycles. The van der Waals surface area contributed by atoms with Gasteiger partial charge in [0, 0.05) is 25.7 Å². The summed E-state index contributed by atoms with van der Waals surface area (Å²) < 4.78 is 26.9. The predicted octanol–water partition coefficient (Wildman–Crippen LogP) is 2.53. The van der Waals surface area contributed by atoms with Crippen molar-refractivity contribution in [1.29, 1.82) is 0 Å². The van der Waals surface area contributed by atoms with Crippen molar-refractivity contribution in [2.24, 2.45) is 0 Å². The van der Waals surface area contributed by atoms with Gasteiger partial charge in [0.1, 0.15) is 41.1 Å². The summed E-state index contributed by atoms with van der Waals surface area (Å²) in [5.74, 6) is -1.13. The summed E-state index contributed by atoms with van der Waals surface area (Å²) in [6.07, 6.45) is 2.03. The average Bonchev–Trinajstić information content (AvgIpc) is 3.15. The molecule has 2 aromatic rings. The number of carbonyl (C=O) groups is 1. The molecule has 1 amide bonds. The molecule has 176 valence electrons. The lowest BCUT2D eigenvalue weighted by Gasteiger charge is -2.33. The molecule has 10 heteroatoms. The van der Waals surface area contributed by atoms with Crippen molar-refractivity contribution in [3.8, 4) is 28.6 Å². The first-order chi connectivity index (χ1) is 16.0. The maximum absolute atomic E-state index is 14.7. The molecule has 5 rings (SSSR count). The molecule has 4 heterocycles. The Balaban J connectivity index is 1.63. The fourth-order valence-corrected chi connectivity index (χ4v) is 5.01. The fourth-order valence-electron chi connectivity index (χ4n) is 4.73. The van der Waals surface area contributed by atoms with Crippen LogP contribution in [-0.2, 0) is 0 Å². The Morgan fingerprint density at radius 1 is 1.36 bits per heavy atom. The number of halogens is 2. The molecular weight excluding hydrogens is 451 g/mol. The summed E-state index contributed by atoms with van der Waals surface area (Å²) >= 11 is 6.65. The lowest BCUT2D eigenvalue weighted by Crippen LogP contribution is -2.54. The summed E-state index contributed by atoms with van der Waals surface area (Å²) in [5.41, 5.74) is -0.0379. The van der Waals surface area contributed by atoms with Gasteiger partial charge in [-0.1, -0.05) is 17.7 Å². The first kappa shape index (κ1) is 22.2. The number of phenolic OH excluding ortho intramolecular Hbond substituents is 1. The molecule has 33 heavy (non-hydrogen) atoms. The zero-order valence-electron chi connectivity index (χ0n) is 18.3. The summed E-state index contributed by atoms with van der Waals surface area (Å²) in [5, 5.41) is 13.6. The molecule has 2 fully saturated rings. The van der Waals surface area contributed by atoms with E-state index in [4.69, 9.17) is 21.1 Å². The van der Waals surface area contributed by atoms with Crippen LogP contribution in [0.25, 0.3) is 11.3 Å². The topological polar surface area (TPSA) is 87.2 Å². The van der Waals surface area contributed by atoms with Crippen molar-refractivity contribution < 1.29 is 23.8 Å². The van der Waals surface area contributed by atoms with Crippen LogP contribution in [0.5, 0.6) is 17.4 Å². The van der Waals surface area contributed by atoms with Crippen molar-refractivity contribution in [1.82, 2.24) is 20.1 Å². The molecule has 2 saturated heterocycles. The highest BCUT2D eigenvalue weighted by Crippen LogP contribution is 2.45. The van der Waals surface area contributed by atoms with E-state index in [9.17, 15) is 14.3 Å². The van der Waals surface area contributed by atoms with E-state index in [0.29, 0.717) is 26.2 Å². The van der Waals surface area contributed by atoms with Crippen LogP contribution >= 0.6 is 11.6 Å². The molecule has 0 bridgehead atoms. The van der Waals surface area contributed by atoms with E-state index in [0.717, 1.165) is 19.4 Å². The molecule has 0 spiro atoms. The SMILES string of the molecule is CN1CCC[C@H]1COc1nc(-c2c(O)cccc2F)c(Cl)c2c1C(=O)N1CCNCC1CO2. The Bertz CT molecular complexity index is 1060. The molecule has 0 radical (unpaired) electrons. The number of likely N-dealkylation sites (tertiary alicyclic amines) is 1. The van der Waals surface area contributed by atoms with E-state index in [2.05, 4.69) is 15.2 Å². The van der Waals surface area contributed by atoms with Gasteiger partial charge in [0.25, 0.3) is 5.91 Å². The molecule has 1 unspecified atom stereocenters. The minimum atomic E-state index is -0.688. The minimum absolute atomic E-state index is 0.0217. The number of nitrogens with one attached hydrogen (secondary N) is 1. The first-order valence-corrected chi connectivity index (χ1v) is 11.5. The van der Waals surface area contributed by atoms with Gasteiger partial charge >= 0.3 is 0 Å².